The van der Waals surface area contributed by atoms with E-state index >= 15 is 0 Å². The predicted molar refractivity (Wildman–Crippen MR) is 73.2 cm³/mol. The SMILES string of the molecule is O=C(NCc1sccc1C#CCO)c1ccoc1Cl. The molecule has 2 aromatic heterocycles. The predicted octanol–water partition coefficient (Wildman–Crippen LogP) is 2.27. The molecule has 0 aliphatic heterocycles. The Morgan fingerprint density at radius 1 is 1.53 bits per heavy atom. The van der Waals surface area contributed by atoms with Gasteiger partial charge in [-0.05, 0) is 29.1 Å². The number of hydrogen-bond acceptors (Lipinski definition) is 4. The van der Waals surface area contributed by atoms with Crippen LogP contribution in [0.3, 0.4) is 0 Å². The lowest BCUT2D eigenvalue weighted by molar-refractivity contribution is 0.0951. The van der Waals surface area contributed by atoms with Gasteiger partial charge in [-0.25, -0.2) is 0 Å². The average molecular weight is 296 g/mol. The highest BCUT2D eigenvalue weighted by Crippen LogP contribution is 2.18. The summed E-state index contributed by atoms with van der Waals surface area (Å²) in [4.78, 5) is 12.7. The Kier molecular flexibility index (Phi) is 4.63. The molecule has 4 nitrogen and oxygen atoms in total. The molecular formula is C13H10ClNO3S. The maximum Gasteiger partial charge on any atom is 0.256 e. The van der Waals surface area contributed by atoms with Gasteiger partial charge in [-0.1, -0.05) is 11.8 Å². The molecule has 98 valence electrons. The van der Waals surface area contributed by atoms with Crippen molar-refractivity contribution in [2.24, 2.45) is 0 Å². The van der Waals surface area contributed by atoms with E-state index in [2.05, 4.69) is 17.2 Å². The molecule has 2 heterocycles. The van der Waals surface area contributed by atoms with Gasteiger partial charge in [0.2, 0.25) is 5.22 Å². The minimum absolute atomic E-state index is 0.0731. The van der Waals surface area contributed by atoms with Crippen LogP contribution in [0, 0.1) is 11.8 Å². The van der Waals surface area contributed by atoms with Crippen molar-refractivity contribution in [1.82, 2.24) is 5.32 Å². The zero-order valence-electron chi connectivity index (χ0n) is 9.77. The van der Waals surface area contributed by atoms with Gasteiger partial charge in [-0.3, -0.25) is 4.79 Å². The Hall–Kier alpha value is -1.74. The Labute approximate surface area is 119 Å². The molecule has 0 radical (unpaired) electrons. The van der Waals surface area contributed by atoms with Crippen molar-refractivity contribution in [3.05, 3.63) is 45.0 Å². The fourth-order valence-electron chi connectivity index (χ4n) is 1.44. The number of carbonyl (C=O) groups is 1. The third-order valence-electron chi connectivity index (χ3n) is 2.32. The Morgan fingerprint density at radius 2 is 2.37 bits per heavy atom. The van der Waals surface area contributed by atoms with Crippen LogP contribution in [-0.4, -0.2) is 17.6 Å². The van der Waals surface area contributed by atoms with Crippen molar-refractivity contribution in [2.45, 2.75) is 6.54 Å². The maximum absolute atomic E-state index is 11.8. The van der Waals surface area contributed by atoms with Crippen LogP contribution in [0.4, 0.5) is 0 Å². The van der Waals surface area contributed by atoms with Gasteiger partial charge in [0, 0.05) is 10.4 Å². The second kappa shape index (κ2) is 6.43. The van der Waals surface area contributed by atoms with Crippen molar-refractivity contribution < 1.29 is 14.3 Å². The molecule has 0 aromatic carbocycles. The van der Waals surface area contributed by atoms with E-state index in [1.807, 2.05) is 11.4 Å². The van der Waals surface area contributed by atoms with Crippen LogP contribution in [0.2, 0.25) is 5.22 Å². The second-order valence-electron chi connectivity index (χ2n) is 3.51. The highest BCUT2D eigenvalue weighted by atomic mass is 35.5. The number of rotatable bonds is 3. The number of aliphatic hydroxyl groups excluding tert-OH is 1. The lowest BCUT2D eigenvalue weighted by Gasteiger charge is -2.02. The number of carbonyl (C=O) groups excluding carboxylic acids is 1. The van der Waals surface area contributed by atoms with Crippen molar-refractivity contribution in [2.75, 3.05) is 6.61 Å². The summed E-state index contributed by atoms with van der Waals surface area (Å²) in [6.45, 7) is 0.166. The first-order valence-corrected chi connectivity index (χ1v) is 6.65. The molecule has 6 heteroatoms. The van der Waals surface area contributed by atoms with E-state index in [1.54, 1.807) is 0 Å². The molecule has 0 aliphatic rings. The molecule has 0 spiro atoms. The summed E-state index contributed by atoms with van der Waals surface area (Å²) >= 11 is 7.21. The summed E-state index contributed by atoms with van der Waals surface area (Å²) in [5.74, 6) is 5.11. The smallest absolute Gasteiger partial charge is 0.256 e. The summed E-state index contributed by atoms with van der Waals surface area (Å²) < 4.78 is 4.86. The topological polar surface area (TPSA) is 62.5 Å². The Balaban J connectivity index is 2.02. The molecule has 0 fully saturated rings. The fourth-order valence-corrected chi connectivity index (χ4v) is 2.41. The number of amides is 1. The van der Waals surface area contributed by atoms with Crippen molar-refractivity contribution in [3.63, 3.8) is 0 Å². The molecule has 2 rings (SSSR count). The summed E-state index contributed by atoms with van der Waals surface area (Å²) in [5.41, 5.74) is 1.11. The van der Waals surface area contributed by atoms with Gasteiger partial charge >= 0.3 is 0 Å². The quantitative estimate of drug-likeness (QED) is 0.854. The van der Waals surface area contributed by atoms with Crippen molar-refractivity contribution in [3.8, 4) is 11.8 Å². The van der Waals surface area contributed by atoms with Gasteiger partial charge < -0.3 is 14.8 Å². The molecule has 19 heavy (non-hydrogen) atoms. The molecule has 0 saturated heterocycles. The molecule has 0 atom stereocenters. The number of hydrogen-bond donors (Lipinski definition) is 2. The normalized spacial score (nSPS) is 9.79. The third kappa shape index (κ3) is 3.38. The number of aliphatic hydroxyl groups is 1. The van der Waals surface area contributed by atoms with Gasteiger partial charge in [0.05, 0.1) is 18.4 Å². The standard InChI is InChI=1S/C13H10ClNO3S/c14-12-10(3-6-18-12)13(17)15-8-11-9(2-1-5-16)4-7-19-11/h3-4,6-7,16H,5,8H2,(H,15,17). The lowest BCUT2D eigenvalue weighted by atomic mass is 10.2. The van der Waals surface area contributed by atoms with Crippen LogP contribution in [0.25, 0.3) is 0 Å². The van der Waals surface area contributed by atoms with E-state index in [1.165, 1.54) is 23.7 Å². The Bertz CT molecular complexity index is 636. The molecule has 2 aromatic rings. The highest BCUT2D eigenvalue weighted by Gasteiger charge is 2.13. The maximum atomic E-state index is 11.8. The van der Waals surface area contributed by atoms with E-state index in [0.29, 0.717) is 12.1 Å². The molecule has 0 unspecified atom stereocenters. The van der Waals surface area contributed by atoms with Gasteiger partial charge in [-0.2, -0.15) is 0 Å². The van der Waals surface area contributed by atoms with Crippen LogP contribution in [-0.2, 0) is 6.54 Å². The van der Waals surface area contributed by atoms with Crippen LogP contribution >= 0.6 is 22.9 Å². The Morgan fingerprint density at radius 3 is 3.05 bits per heavy atom. The largest absolute Gasteiger partial charge is 0.452 e. The van der Waals surface area contributed by atoms with E-state index in [0.717, 1.165) is 10.4 Å². The van der Waals surface area contributed by atoms with E-state index in [-0.39, 0.29) is 17.7 Å². The van der Waals surface area contributed by atoms with Crippen LogP contribution in [0.5, 0.6) is 0 Å². The minimum atomic E-state index is -0.298. The van der Waals surface area contributed by atoms with Gasteiger partial charge in [-0.15, -0.1) is 11.3 Å². The van der Waals surface area contributed by atoms with E-state index < -0.39 is 0 Å². The minimum Gasteiger partial charge on any atom is -0.452 e. The van der Waals surface area contributed by atoms with Crippen LogP contribution in [0.15, 0.2) is 28.2 Å². The monoisotopic (exact) mass is 295 g/mol. The molecule has 2 N–H and O–H groups in total. The van der Waals surface area contributed by atoms with Crippen molar-refractivity contribution >= 4 is 28.8 Å². The first-order chi connectivity index (χ1) is 9.22. The lowest BCUT2D eigenvalue weighted by Crippen LogP contribution is -2.22. The van der Waals surface area contributed by atoms with Gasteiger partial charge in [0.1, 0.15) is 6.61 Å². The zero-order chi connectivity index (χ0) is 13.7. The summed E-state index contributed by atoms with van der Waals surface area (Å²) in [7, 11) is 0. The summed E-state index contributed by atoms with van der Waals surface area (Å²) in [5, 5.41) is 13.4. The number of thiophene rings is 1. The second-order valence-corrected chi connectivity index (χ2v) is 4.85. The average Bonchev–Trinajstić information content (AvgIpc) is 3.02. The number of furan rings is 1. The first kappa shape index (κ1) is 13.7. The molecule has 1 amide bonds. The van der Waals surface area contributed by atoms with Crippen molar-refractivity contribution in [1.29, 1.82) is 0 Å². The molecule has 0 bridgehead atoms. The zero-order valence-corrected chi connectivity index (χ0v) is 11.3. The molecule has 0 saturated carbocycles. The third-order valence-corrected chi connectivity index (χ3v) is 3.53. The van der Waals surface area contributed by atoms with E-state index in [9.17, 15) is 4.79 Å². The fraction of sp³-hybridized carbons (Fsp3) is 0.154. The van der Waals surface area contributed by atoms with Crippen LogP contribution < -0.4 is 5.32 Å². The van der Waals surface area contributed by atoms with Gasteiger partial charge in [0.15, 0.2) is 0 Å². The number of nitrogens with one attached hydrogen (secondary N) is 1. The number of halogens is 1. The van der Waals surface area contributed by atoms with Crippen LogP contribution in [0.1, 0.15) is 20.8 Å². The molecule has 0 aliphatic carbocycles. The van der Waals surface area contributed by atoms with Gasteiger partial charge in [0.25, 0.3) is 5.91 Å². The summed E-state index contributed by atoms with van der Waals surface area (Å²) in [6, 6.07) is 3.36. The highest BCUT2D eigenvalue weighted by molar-refractivity contribution is 7.10. The molecular weight excluding hydrogens is 286 g/mol. The summed E-state index contributed by atoms with van der Waals surface area (Å²) in [6.07, 6.45) is 1.36. The first-order valence-electron chi connectivity index (χ1n) is 5.39. The van der Waals surface area contributed by atoms with E-state index in [4.69, 9.17) is 21.1 Å².